The van der Waals surface area contributed by atoms with Crippen LogP contribution < -0.4 is 19.3 Å². The molecule has 6 aromatic heterocycles. The summed E-state index contributed by atoms with van der Waals surface area (Å²) in [5.41, 5.74) is 7.35. The molecule has 0 N–H and O–H groups in total. The molecule has 2 aliphatic heterocycles. The van der Waals surface area contributed by atoms with Crippen molar-refractivity contribution in [3.05, 3.63) is 146 Å². The first-order valence-electron chi connectivity index (χ1n) is 20.6. The molecule has 60 heavy (non-hydrogen) atoms. The predicted molar refractivity (Wildman–Crippen MR) is 235 cm³/mol. The zero-order valence-electron chi connectivity index (χ0n) is 33.8. The zero-order valence-corrected chi connectivity index (χ0v) is 33.8. The Morgan fingerprint density at radius 2 is 0.933 bits per heavy atom. The molecule has 12 heteroatoms. The lowest BCUT2D eigenvalue weighted by Crippen LogP contribution is -2.41. The van der Waals surface area contributed by atoms with E-state index in [1.165, 1.54) is 0 Å². The van der Waals surface area contributed by atoms with Gasteiger partial charge in [-0.05, 0) is 100 Å². The molecule has 0 bridgehead atoms. The Hall–Kier alpha value is -7.08. The lowest BCUT2D eigenvalue weighted by molar-refractivity contribution is 0.172. The minimum absolute atomic E-state index is 0.0328. The fourth-order valence-electron chi connectivity index (χ4n) is 7.87. The molecule has 0 spiro atoms. The van der Waals surface area contributed by atoms with Crippen molar-refractivity contribution < 1.29 is 9.47 Å². The smallest absolute Gasteiger partial charge is 0.240 e. The van der Waals surface area contributed by atoms with Gasteiger partial charge >= 0.3 is 0 Å². The van der Waals surface area contributed by atoms with Crippen molar-refractivity contribution in [2.45, 2.75) is 51.7 Å². The van der Waals surface area contributed by atoms with Crippen LogP contribution in [0.1, 0.15) is 37.1 Å². The molecule has 0 amide bonds. The highest BCUT2D eigenvalue weighted by atomic mass is 16.5. The summed E-state index contributed by atoms with van der Waals surface area (Å²) in [4.78, 5) is 40.9. The second-order valence-corrected chi connectivity index (χ2v) is 15.2. The molecular formula is C48H46N10O2. The summed E-state index contributed by atoms with van der Waals surface area (Å²) in [6.07, 6.45) is 14.5. The number of para-hydroxylation sites is 2. The van der Waals surface area contributed by atoms with Gasteiger partial charge in [0.2, 0.25) is 11.8 Å². The first kappa shape index (κ1) is 38.4. The Morgan fingerprint density at radius 3 is 1.40 bits per heavy atom. The van der Waals surface area contributed by atoms with E-state index in [9.17, 15) is 0 Å². The van der Waals surface area contributed by atoms with Crippen molar-refractivity contribution in [3.8, 4) is 34.3 Å². The van der Waals surface area contributed by atoms with Gasteiger partial charge in [0.25, 0.3) is 0 Å². The Kier molecular flexibility index (Phi) is 11.4. The average molecular weight is 795 g/mol. The van der Waals surface area contributed by atoms with Crippen molar-refractivity contribution in [2.75, 3.05) is 36.0 Å². The van der Waals surface area contributed by atoms with E-state index in [1.54, 1.807) is 37.2 Å². The summed E-state index contributed by atoms with van der Waals surface area (Å²) in [5.74, 6) is 3.13. The maximum atomic E-state index is 6.36. The number of piperidine rings is 2. The van der Waals surface area contributed by atoms with Gasteiger partial charge < -0.3 is 19.3 Å². The van der Waals surface area contributed by atoms with Gasteiger partial charge in [-0.15, -0.1) is 0 Å². The number of hydrogen-bond donors (Lipinski definition) is 0. The second-order valence-electron chi connectivity index (χ2n) is 15.2. The number of hydrogen-bond acceptors (Lipinski definition) is 12. The molecule has 8 heterocycles. The highest BCUT2D eigenvalue weighted by Crippen LogP contribution is 2.31. The molecule has 0 unspecified atom stereocenters. The lowest BCUT2D eigenvalue weighted by atomic mass is 10.1. The number of pyridine rings is 4. The lowest BCUT2D eigenvalue weighted by Gasteiger charge is -2.33. The minimum Gasteiger partial charge on any atom is -0.471 e. The Balaban J connectivity index is 0.000000154. The third-order valence-electron chi connectivity index (χ3n) is 10.8. The third kappa shape index (κ3) is 8.97. The van der Waals surface area contributed by atoms with Crippen molar-refractivity contribution in [3.63, 3.8) is 0 Å². The molecule has 10 rings (SSSR count). The van der Waals surface area contributed by atoms with E-state index in [0.717, 1.165) is 119 Å². The van der Waals surface area contributed by atoms with E-state index in [2.05, 4.69) is 88.2 Å². The number of rotatable bonds is 8. The van der Waals surface area contributed by atoms with Crippen LogP contribution in [0.5, 0.6) is 11.8 Å². The average Bonchev–Trinajstić information content (AvgIpc) is 3.29. The second kappa shape index (κ2) is 17.8. The first-order valence-corrected chi connectivity index (χ1v) is 20.6. The highest BCUT2D eigenvalue weighted by molar-refractivity contribution is 5.81. The van der Waals surface area contributed by atoms with Crippen LogP contribution in [0.3, 0.4) is 0 Å². The molecule has 2 aromatic carbocycles. The molecular weight excluding hydrogens is 749 g/mol. The van der Waals surface area contributed by atoms with E-state index < -0.39 is 0 Å². The number of nitrogens with zero attached hydrogens (tertiary/aromatic N) is 10. The summed E-state index contributed by atoms with van der Waals surface area (Å²) in [5, 5.41) is 2.31. The number of anilines is 2. The summed E-state index contributed by atoms with van der Waals surface area (Å²) >= 11 is 0. The molecule has 2 saturated heterocycles. The van der Waals surface area contributed by atoms with Gasteiger partial charge in [-0.2, -0.15) is 0 Å². The van der Waals surface area contributed by atoms with Crippen LogP contribution in [0.2, 0.25) is 0 Å². The van der Waals surface area contributed by atoms with Gasteiger partial charge in [0.05, 0.1) is 24.1 Å². The van der Waals surface area contributed by atoms with Gasteiger partial charge in [0.15, 0.2) is 0 Å². The van der Waals surface area contributed by atoms with Crippen molar-refractivity contribution in [1.82, 2.24) is 39.9 Å². The van der Waals surface area contributed by atoms with Crippen LogP contribution in [0.15, 0.2) is 134 Å². The van der Waals surface area contributed by atoms with E-state index in [4.69, 9.17) is 19.4 Å². The van der Waals surface area contributed by atoms with E-state index in [1.807, 2.05) is 62.4 Å². The van der Waals surface area contributed by atoms with Gasteiger partial charge in [-0.3, -0.25) is 9.97 Å². The first-order chi connectivity index (χ1) is 29.5. The molecule has 0 aliphatic carbocycles. The van der Waals surface area contributed by atoms with Crippen molar-refractivity contribution >= 4 is 33.4 Å². The van der Waals surface area contributed by atoms with Crippen LogP contribution in [-0.2, 0) is 0 Å². The molecule has 0 saturated carbocycles. The maximum absolute atomic E-state index is 6.36. The summed E-state index contributed by atoms with van der Waals surface area (Å²) in [7, 11) is 0. The van der Waals surface area contributed by atoms with Crippen LogP contribution in [-0.4, -0.2) is 78.3 Å². The monoisotopic (exact) mass is 794 g/mol. The number of benzene rings is 2. The largest absolute Gasteiger partial charge is 0.471 e. The van der Waals surface area contributed by atoms with Gasteiger partial charge in [0, 0.05) is 83.6 Å². The molecule has 12 nitrogen and oxygen atoms in total. The fraction of sp³-hybridized carbons (Fsp3) is 0.250. The quantitative estimate of drug-likeness (QED) is 0.146. The predicted octanol–water partition coefficient (Wildman–Crippen LogP) is 8.89. The van der Waals surface area contributed by atoms with Crippen LogP contribution in [0.25, 0.3) is 44.3 Å². The van der Waals surface area contributed by atoms with Gasteiger partial charge in [-0.25, -0.2) is 29.9 Å². The Morgan fingerprint density at radius 1 is 0.483 bits per heavy atom. The third-order valence-corrected chi connectivity index (χ3v) is 10.8. The Bertz CT molecular complexity index is 2540. The number of ether oxygens (including phenoxy) is 2. The summed E-state index contributed by atoms with van der Waals surface area (Å²) in [6, 6.07) is 32.8. The topological polar surface area (TPSA) is 128 Å². The van der Waals surface area contributed by atoms with Crippen molar-refractivity contribution in [1.29, 1.82) is 0 Å². The fourth-order valence-corrected chi connectivity index (χ4v) is 7.87. The van der Waals surface area contributed by atoms with Crippen molar-refractivity contribution in [2.24, 2.45) is 0 Å². The van der Waals surface area contributed by atoms with Gasteiger partial charge in [0.1, 0.15) is 35.2 Å². The number of aromatic nitrogens is 8. The number of fused-ring (bicyclic) bond motifs is 2. The van der Waals surface area contributed by atoms with Crippen LogP contribution in [0, 0.1) is 13.8 Å². The zero-order chi connectivity index (χ0) is 40.7. The summed E-state index contributed by atoms with van der Waals surface area (Å²) in [6.45, 7) is 7.43. The standard InChI is InChI=1S/2C24H23N5O/c2*1-17-15-19(10-11-25-17)23-24(27-13-12-26-23)30-20-6-4-14-29(16-20)22-9-8-18-5-2-3-7-21(18)28-22/h2*2-3,5,7-13,15,20H,4,6,14,16H2,1H3/t2*20-/m10/s1. The van der Waals surface area contributed by atoms with Crippen LogP contribution >= 0.6 is 0 Å². The van der Waals surface area contributed by atoms with E-state index in [0.29, 0.717) is 11.8 Å². The molecule has 2 atom stereocenters. The maximum Gasteiger partial charge on any atom is 0.240 e. The number of aryl methyl sites for hydroxylation is 2. The molecule has 300 valence electrons. The minimum atomic E-state index is 0.0328. The highest BCUT2D eigenvalue weighted by Gasteiger charge is 2.26. The van der Waals surface area contributed by atoms with E-state index in [-0.39, 0.29) is 12.2 Å². The Labute approximate surface area is 349 Å². The molecule has 2 aliphatic rings. The molecule has 8 aromatic rings. The SMILES string of the molecule is Cc1cc(-c2nccnc2O[C@@H]2CCCN(c3ccc4ccccc4n3)C2)ccn1.Cc1cc(-c2nccnc2O[C@H]2CCCN(c3ccc4ccccc4n3)C2)ccn1. The van der Waals surface area contributed by atoms with E-state index >= 15 is 0 Å². The summed E-state index contributed by atoms with van der Waals surface area (Å²) < 4.78 is 12.7. The molecule has 0 radical (unpaired) electrons. The van der Waals surface area contributed by atoms with Gasteiger partial charge in [-0.1, -0.05) is 36.4 Å². The normalized spacial score (nSPS) is 16.6. The molecule has 2 fully saturated rings. The van der Waals surface area contributed by atoms with Crippen LogP contribution in [0.4, 0.5) is 11.6 Å².